The zero-order valence-corrected chi connectivity index (χ0v) is 11.8. The number of nitrogens with one attached hydrogen (secondary N) is 1. The summed E-state index contributed by atoms with van der Waals surface area (Å²) in [6.45, 7) is 9.98. The van der Waals surface area contributed by atoms with E-state index in [1.807, 2.05) is 6.20 Å². The Morgan fingerprint density at radius 2 is 2.39 bits per heavy atom. The van der Waals surface area contributed by atoms with Crippen LogP contribution in [0.15, 0.2) is 18.3 Å². The van der Waals surface area contributed by atoms with E-state index in [1.54, 1.807) is 0 Å². The summed E-state index contributed by atoms with van der Waals surface area (Å²) in [5, 5.41) is 3.45. The summed E-state index contributed by atoms with van der Waals surface area (Å²) >= 11 is 0. The quantitative estimate of drug-likeness (QED) is 0.886. The third-order valence-corrected chi connectivity index (χ3v) is 3.76. The minimum absolute atomic E-state index is 0.402. The zero-order chi connectivity index (χ0) is 13.0. The first kappa shape index (κ1) is 13.3. The van der Waals surface area contributed by atoms with Crippen LogP contribution in [0.2, 0.25) is 0 Å². The molecule has 3 nitrogen and oxygen atoms in total. The molecule has 1 aromatic heterocycles. The average Bonchev–Trinajstić information content (AvgIpc) is 2.39. The SMILES string of the molecule is CCNC(C)c1ccnc(N2CCCC(C)C2)c1. The van der Waals surface area contributed by atoms with Gasteiger partial charge in [0.2, 0.25) is 0 Å². The van der Waals surface area contributed by atoms with E-state index in [0.717, 1.165) is 31.4 Å². The average molecular weight is 247 g/mol. The van der Waals surface area contributed by atoms with Gasteiger partial charge in [-0.1, -0.05) is 13.8 Å². The van der Waals surface area contributed by atoms with Gasteiger partial charge < -0.3 is 10.2 Å². The largest absolute Gasteiger partial charge is 0.356 e. The van der Waals surface area contributed by atoms with Gasteiger partial charge in [0.15, 0.2) is 0 Å². The van der Waals surface area contributed by atoms with Gasteiger partial charge >= 0.3 is 0 Å². The molecule has 0 amide bonds. The number of piperidine rings is 1. The molecule has 0 aromatic carbocycles. The topological polar surface area (TPSA) is 28.2 Å². The van der Waals surface area contributed by atoms with Crippen molar-refractivity contribution in [1.82, 2.24) is 10.3 Å². The number of anilines is 1. The first-order chi connectivity index (χ1) is 8.70. The molecule has 2 heterocycles. The Balaban J connectivity index is 2.11. The molecule has 0 spiro atoms. The van der Waals surface area contributed by atoms with E-state index in [0.29, 0.717) is 6.04 Å². The molecule has 0 bridgehead atoms. The highest BCUT2D eigenvalue weighted by molar-refractivity contribution is 5.42. The van der Waals surface area contributed by atoms with E-state index in [-0.39, 0.29) is 0 Å². The van der Waals surface area contributed by atoms with Gasteiger partial charge in [-0.3, -0.25) is 0 Å². The monoisotopic (exact) mass is 247 g/mol. The second kappa shape index (κ2) is 6.19. The van der Waals surface area contributed by atoms with Crippen LogP contribution in [0, 0.1) is 5.92 Å². The van der Waals surface area contributed by atoms with Crippen LogP contribution in [-0.2, 0) is 0 Å². The fourth-order valence-electron chi connectivity index (χ4n) is 2.70. The van der Waals surface area contributed by atoms with Crippen molar-refractivity contribution < 1.29 is 0 Å². The Hall–Kier alpha value is -1.09. The number of rotatable bonds is 4. The smallest absolute Gasteiger partial charge is 0.128 e. The Morgan fingerprint density at radius 3 is 3.11 bits per heavy atom. The Bertz CT molecular complexity index is 378. The molecule has 2 unspecified atom stereocenters. The lowest BCUT2D eigenvalue weighted by Crippen LogP contribution is -2.34. The highest BCUT2D eigenvalue weighted by atomic mass is 15.2. The molecule has 1 fully saturated rings. The number of aromatic nitrogens is 1. The molecule has 18 heavy (non-hydrogen) atoms. The van der Waals surface area contributed by atoms with Crippen LogP contribution in [0.3, 0.4) is 0 Å². The highest BCUT2D eigenvalue weighted by Gasteiger charge is 2.18. The third-order valence-electron chi connectivity index (χ3n) is 3.76. The van der Waals surface area contributed by atoms with Crippen molar-refractivity contribution >= 4 is 5.82 Å². The van der Waals surface area contributed by atoms with Crippen molar-refractivity contribution in [3.05, 3.63) is 23.9 Å². The second-order valence-electron chi connectivity index (χ2n) is 5.42. The Labute approximate surface area is 111 Å². The number of pyridine rings is 1. The van der Waals surface area contributed by atoms with Crippen molar-refractivity contribution in [3.63, 3.8) is 0 Å². The molecule has 0 radical (unpaired) electrons. The summed E-state index contributed by atoms with van der Waals surface area (Å²) in [6.07, 6.45) is 4.58. The second-order valence-corrected chi connectivity index (χ2v) is 5.42. The Kier molecular flexibility index (Phi) is 4.59. The third kappa shape index (κ3) is 3.22. The predicted molar refractivity (Wildman–Crippen MR) is 76.9 cm³/mol. The first-order valence-electron chi connectivity index (χ1n) is 7.15. The van der Waals surface area contributed by atoms with Gasteiger partial charge in [-0.25, -0.2) is 4.98 Å². The molecule has 1 aliphatic heterocycles. The molecule has 1 saturated heterocycles. The van der Waals surface area contributed by atoms with Crippen LogP contribution in [0.4, 0.5) is 5.82 Å². The summed E-state index contributed by atoms with van der Waals surface area (Å²) in [6, 6.07) is 4.76. The molecule has 0 aliphatic carbocycles. The van der Waals surface area contributed by atoms with E-state index in [1.165, 1.54) is 18.4 Å². The van der Waals surface area contributed by atoms with Crippen molar-refractivity contribution in [2.24, 2.45) is 5.92 Å². The van der Waals surface area contributed by atoms with Crippen LogP contribution in [0.25, 0.3) is 0 Å². The first-order valence-corrected chi connectivity index (χ1v) is 7.15. The van der Waals surface area contributed by atoms with Crippen LogP contribution < -0.4 is 10.2 Å². The summed E-state index contributed by atoms with van der Waals surface area (Å²) in [7, 11) is 0. The maximum Gasteiger partial charge on any atom is 0.128 e. The maximum atomic E-state index is 4.54. The molecule has 100 valence electrons. The molecule has 3 heteroatoms. The normalized spacial score (nSPS) is 21.9. The van der Waals surface area contributed by atoms with E-state index in [2.05, 4.69) is 48.1 Å². The summed E-state index contributed by atoms with van der Waals surface area (Å²) in [5.74, 6) is 1.93. The maximum absolute atomic E-state index is 4.54. The number of nitrogens with zero attached hydrogens (tertiary/aromatic N) is 2. The summed E-state index contributed by atoms with van der Waals surface area (Å²) < 4.78 is 0. The minimum Gasteiger partial charge on any atom is -0.356 e. The molecule has 2 rings (SSSR count). The molecular weight excluding hydrogens is 222 g/mol. The van der Waals surface area contributed by atoms with Crippen LogP contribution in [0.1, 0.15) is 45.2 Å². The summed E-state index contributed by atoms with van der Waals surface area (Å²) in [4.78, 5) is 6.97. The van der Waals surface area contributed by atoms with Gasteiger partial charge in [-0.05, 0) is 49.9 Å². The highest BCUT2D eigenvalue weighted by Crippen LogP contribution is 2.23. The van der Waals surface area contributed by atoms with Gasteiger partial charge in [0.25, 0.3) is 0 Å². The lowest BCUT2D eigenvalue weighted by Gasteiger charge is -2.32. The molecule has 1 N–H and O–H groups in total. The molecule has 1 aromatic rings. The van der Waals surface area contributed by atoms with Crippen molar-refractivity contribution in [2.75, 3.05) is 24.5 Å². The molecule has 0 saturated carbocycles. The van der Waals surface area contributed by atoms with Gasteiger partial charge in [0.1, 0.15) is 5.82 Å². The van der Waals surface area contributed by atoms with Crippen molar-refractivity contribution in [3.8, 4) is 0 Å². The fourth-order valence-corrected chi connectivity index (χ4v) is 2.70. The number of hydrogen-bond acceptors (Lipinski definition) is 3. The van der Waals surface area contributed by atoms with Gasteiger partial charge in [0.05, 0.1) is 0 Å². The number of hydrogen-bond donors (Lipinski definition) is 1. The van der Waals surface area contributed by atoms with E-state index < -0.39 is 0 Å². The van der Waals surface area contributed by atoms with Crippen LogP contribution in [0.5, 0.6) is 0 Å². The lowest BCUT2D eigenvalue weighted by molar-refractivity contribution is 0.444. The Morgan fingerprint density at radius 1 is 1.56 bits per heavy atom. The van der Waals surface area contributed by atoms with Gasteiger partial charge in [0, 0.05) is 25.3 Å². The van der Waals surface area contributed by atoms with Crippen molar-refractivity contribution in [1.29, 1.82) is 0 Å². The van der Waals surface area contributed by atoms with Crippen molar-refractivity contribution in [2.45, 2.75) is 39.7 Å². The minimum atomic E-state index is 0.402. The van der Waals surface area contributed by atoms with Gasteiger partial charge in [-0.2, -0.15) is 0 Å². The molecular formula is C15H25N3. The fraction of sp³-hybridized carbons (Fsp3) is 0.667. The zero-order valence-electron chi connectivity index (χ0n) is 11.8. The standard InChI is InChI=1S/C15H25N3/c1-4-16-13(3)14-7-8-17-15(10-14)18-9-5-6-12(2)11-18/h7-8,10,12-13,16H,4-6,9,11H2,1-3H3. The van der Waals surface area contributed by atoms with Crippen LogP contribution in [-0.4, -0.2) is 24.6 Å². The van der Waals surface area contributed by atoms with Gasteiger partial charge in [-0.15, -0.1) is 0 Å². The van der Waals surface area contributed by atoms with E-state index >= 15 is 0 Å². The van der Waals surface area contributed by atoms with E-state index in [4.69, 9.17) is 0 Å². The van der Waals surface area contributed by atoms with Crippen LogP contribution >= 0.6 is 0 Å². The molecule has 1 aliphatic rings. The molecule has 2 atom stereocenters. The lowest BCUT2D eigenvalue weighted by atomic mass is 10.00. The summed E-state index contributed by atoms with van der Waals surface area (Å²) in [5.41, 5.74) is 1.33. The predicted octanol–water partition coefficient (Wildman–Crippen LogP) is 2.99. The van der Waals surface area contributed by atoms with E-state index in [9.17, 15) is 0 Å².